The van der Waals surface area contributed by atoms with Gasteiger partial charge >= 0.3 is 6.18 Å². The minimum Gasteiger partial charge on any atom is -0.382 e. The summed E-state index contributed by atoms with van der Waals surface area (Å²) in [7, 11) is 0. The Morgan fingerprint density at radius 2 is 2.10 bits per heavy atom. The van der Waals surface area contributed by atoms with E-state index in [9.17, 15) is 28.1 Å². The van der Waals surface area contributed by atoms with Crippen LogP contribution in [0.2, 0.25) is 0 Å². The fraction of sp³-hybridized carbons (Fsp3) is 0.364. The number of carbonyl (C=O) groups excluding carboxylic acids is 1. The van der Waals surface area contributed by atoms with E-state index in [1.807, 2.05) is 5.32 Å². The van der Waals surface area contributed by atoms with Gasteiger partial charge in [0.1, 0.15) is 0 Å². The number of halogens is 3. The largest absolute Gasteiger partial charge is 0.416 e. The Kier molecular flexibility index (Phi) is 4.66. The molecular weight excluding hydrogens is 281 g/mol. The molecule has 0 saturated carbocycles. The normalized spacial score (nSPS) is 12.8. The van der Waals surface area contributed by atoms with Crippen molar-refractivity contribution in [3.8, 4) is 0 Å². The van der Waals surface area contributed by atoms with Crippen LogP contribution in [0, 0.1) is 17.0 Å². The molecule has 1 rings (SSSR count). The monoisotopic (exact) mass is 292 g/mol. The van der Waals surface area contributed by atoms with Crippen molar-refractivity contribution in [3.63, 3.8) is 0 Å². The third kappa shape index (κ3) is 3.92. The molecule has 1 unspecified atom stereocenters. The van der Waals surface area contributed by atoms with E-state index in [2.05, 4.69) is 0 Å². The van der Waals surface area contributed by atoms with Gasteiger partial charge in [0.05, 0.1) is 11.5 Å². The molecule has 0 saturated heterocycles. The van der Waals surface area contributed by atoms with E-state index in [1.165, 1.54) is 19.1 Å². The van der Waals surface area contributed by atoms with Crippen LogP contribution in [0.5, 0.6) is 0 Å². The molecule has 2 N–H and O–H groups in total. The van der Waals surface area contributed by atoms with Crippen molar-refractivity contribution in [3.05, 3.63) is 39.4 Å². The smallest absolute Gasteiger partial charge is 0.382 e. The number of aryl methyl sites for hydroxylation is 1. The van der Waals surface area contributed by atoms with Crippen LogP contribution < -0.4 is 5.32 Å². The molecule has 0 radical (unpaired) electrons. The Morgan fingerprint density at radius 3 is 2.60 bits per heavy atom. The van der Waals surface area contributed by atoms with E-state index in [-0.39, 0.29) is 11.3 Å². The number of hydrogen-bond donors (Lipinski definition) is 2. The first kappa shape index (κ1) is 15.9. The fourth-order valence-electron chi connectivity index (χ4n) is 1.35. The van der Waals surface area contributed by atoms with Crippen LogP contribution >= 0.6 is 0 Å². The molecule has 1 amide bonds. The summed E-state index contributed by atoms with van der Waals surface area (Å²) in [5.41, 5.74) is -0.146. The highest BCUT2D eigenvalue weighted by molar-refractivity contribution is 5.95. The lowest BCUT2D eigenvalue weighted by molar-refractivity contribution is -0.385. The number of nitrogens with zero attached hydrogens (tertiary/aromatic N) is 1. The van der Waals surface area contributed by atoms with Gasteiger partial charge in [-0.05, 0) is 13.0 Å². The van der Waals surface area contributed by atoms with Crippen molar-refractivity contribution >= 4 is 11.6 Å². The van der Waals surface area contributed by atoms with Crippen molar-refractivity contribution in [2.75, 3.05) is 6.54 Å². The van der Waals surface area contributed by atoms with Crippen LogP contribution in [0.1, 0.15) is 15.9 Å². The molecule has 9 heteroatoms. The van der Waals surface area contributed by atoms with E-state index < -0.39 is 29.7 Å². The quantitative estimate of drug-likeness (QED) is 0.650. The summed E-state index contributed by atoms with van der Waals surface area (Å²) < 4.78 is 36.1. The summed E-state index contributed by atoms with van der Waals surface area (Å²) in [5.74, 6) is -0.934. The average molecular weight is 292 g/mol. The lowest BCUT2D eigenvalue weighted by atomic mass is 10.1. The predicted molar refractivity (Wildman–Crippen MR) is 62.2 cm³/mol. The Balaban J connectivity index is 2.79. The third-order valence-corrected chi connectivity index (χ3v) is 2.50. The van der Waals surface area contributed by atoms with Crippen LogP contribution in [0.3, 0.4) is 0 Å². The second-order valence-corrected chi connectivity index (χ2v) is 4.03. The molecule has 0 aliphatic heterocycles. The van der Waals surface area contributed by atoms with Crippen molar-refractivity contribution in [1.82, 2.24) is 5.32 Å². The van der Waals surface area contributed by atoms with Crippen molar-refractivity contribution < 1.29 is 28.0 Å². The lowest BCUT2D eigenvalue weighted by Crippen LogP contribution is -2.40. The van der Waals surface area contributed by atoms with Gasteiger partial charge in [-0.25, -0.2) is 0 Å². The Hall–Kier alpha value is -2.16. The molecule has 0 heterocycles. The van der Waals surface area contributed by atoms with Gasteiger partial charge in [0.15, 0.2) is 6.10 Å². The van der Waals surface area contributed by atoms with Crippen LogP contribution in [0.25, 0.3) is 0 Å². The lowest BCUT2D eigenvalue weighted by Gasteiger charge is -2.15. The number of aliphatic hydroxyl groups excluding tert-OH is 1. The molecule has 1 aromatic rings. The summed E-state index contributed by atoms with van der Waals surface area (Å²) in [6.07, 6.45) is -7.53. The molecule has 0 aliphatic rings. The zero-order valence-corrected chi connectivity index (χ0v) is 10.3. The van der Waals surface area contributed by atoms with Gasteiger partial charge in [0, 0.05) is 17.2 Å². The Morgan fingerprint density at radius 1 is 1.50 bits per heavy atom. The number of aliphatic hydroxyl groups is 1. The number of carbonyl (C=O) groups is 1. The number of hydrogen-bond acceptors (Lipinski definition) is 4. The number of rotatable bonds is 4. The van der Waals surface area contributed by atoms with Gasteiger partial charge in [-0.15, -0.1) is 0 Å². The van der Waals surface area contributed by atoms with Gasteiger partial charge in [0.25, 0.3) is 11.6 Å². The fourth-order valence-corrected chi connectivity index (χ4v) is 1.35. The Labute approximate surface area is 111 Å². The van der Waals surface area contributed by atoms with Crippen LogP contribution in [-0.4, -0.2) is 34.8 Å². The molecular formula is C11H11F3N2O4. The predicted octanol–water partition coefficient (Wildman–Crippen LogP) is 1.56. The molecule has 1 atom stereocenters. The van der Waals surface area contributed by atoms with Crippen LogP contribution in [-0.2, 0) is 0 Å². The number of alkyl halides is 3. The zero-order chi connectivity index (χ0) is 15.5. The molecule has 110 valence electrons. The third-order valence-electron chi connectivity index (χ3n) is 2.50. The summed E-state index contributed by atoms with van der Waals surface area (Å²) in [5, 5.41) is 21.3. The van der Waals surface area contributed by atoms with Crippen molar-refractivity contribution in [1.29, 1.82) is 0 Å². The molecule has 0 spiro atoms. The first-order chi connectivity index (χ1) is 9.12. The Bertz CT molecular complexity index is 531. The maximum Gasteiger partial charge on any atom is 0.416 e. The highest BCUT2D eigenvalue weighted by atomic mass is 19.4. The van der Waals surface area contributed by atoms with Gasteiger partial charge in [-0.1, -0.05) is 6.07 Å². The molecule has 0 bridgehead atoms. The summed E-state index contributed by atoms with van der Waals surface area (Å²) in [6, 6.07) is 3.52. The van der Waals surface area contributed by atoms with Crippen molar-refractivity contribution in [2.45, 2.75) is 19.2 Å². The molecule has 0 aromatic heterocycles. The van der Waals surface area contributed by atoms with E-state index in [0.717, 1.165) is 6.07 Å². The second kappa shape index (κ2) is 5.87. The van der Waals surface area contributed by atoms with E-state index in [0.29, 0.717) is 5.56 Å². The molecule has 0 aliphatic carbocycles. The van der Waals surface area contributed by atoms with Gasteiger partial charge in [0.2, 0.25) is 0 Å². The van der Waals surface area contributed by atoms with E-state index in [4.69, 9.17) is 5.11 Å². The summed E-state index contributed by atoms with van der Waals surface area (Å²) >= 11 is 0. The average Bonchev–Trinajstić information content (AvgIpc) is 2.34. The molecule has 0 fully saturated rings. The van der Waals surface area contributed by atoms with Gasteiger partial charge in [-0.3, -0.25) is 14.9 Å². The van der Waals surface area contributed by atoms with E-state index in [1.54, 1.807) is 0 Å². The minimum absolute atomic E-state index is 0.156. The van der Waals surface area contributed by atoms with Crippen molar-refractivity contribution in [2.24, 2.45) is 0 Å². The number of nitrogens with one attached hydrogen (secondary N) is 1. The van der Waals surface area contributed by atoms with Crippen LogP contribution in [0.15, 0.2) is 18.2 Å². The second-order valence-electron chi connectivity index (χ2n) is 4.03. The maximum absolute atomic E-state index is 12.0. The molecule has 20 heavy (non-hydrogen) atoms. The number of nitro benzene ring substituents is 1. The van der Waals surface area contributed by atoms with Gasteiger partial charge in [-0.2, -0.15) is 13.2 Å². The highest BCUT2D eigenvalue weighted by Crippen LogP contribution is 2.20. The number of amides is 1. The number of nitro groups is 1. The first-order valence-corrected chi connectivity index (χ1v) is 5.41. The summed E-state index contributed by atoms with van der Waals surface area (Å²) in [4.78, 5) is 21.5. The standard InChI is InChI=1S/C11H11F3N2O4/c1-6-2-3-7(4-8(6)16(19)20)10(18)15-5-9(17)11(12,13)14/h2-4,9,17H,5H2,1H3,(H,15,18). The SMILES string of the molecule is Cc1ccc(C(=O)NCC(O)C(F)(F)F)cc1[N+](=O)[O-]. The molecule has 1 aromatic carbocycles. The maximum atomic E-state index is 12.0. The summed E-state index contributed by atoms with van der Waals surface area (Å²) in [6.45, 7) is 0.442. The number of benzene rings is 1. The van der Waals surface area contributed by atoms with Gasteiger partial charge < -0.3 is 10.4 Å². The van der Waals surface area contributed by atoms with Crippen LogP contribution in [0.4, 0.5) is 18.9 Å². The zero-order valence-electron chi connectivity index (χ0n) is 10.3. The topological polar surface area (TPSA) is 92.5 Å². The highest BCUT2D eigenvalue weighted by Gasteiger charge is 2.38. The minimum atomic E-state index is -4.84. The molecule has 6 nitrogen and oxygen atoms in total. The first-order valence-electron chi connectivity index (χ1n) is 5.41. The van der Waals surface area contributed by atoms with E-state index >= 15 is 0 Å².